The number of nitrogens with one attached hydrogen (secondary N) is 2. The van der Waals surface area contributed by atoms with Gasteiger partial charge in [-0.25, -0.2) is 0 Å². The Morgan fingerprint density at radius 2 is 2.10 bits per heavy atom. The number of amides is 2. The second-order valence-corrected chi connectivity index (χ2v) is 4.99. The maximum Gasteiger partial charge on any atom is 0.253 e. The van der Waals surface area contributed by atoms with Crippen LogP contribution in [0.5, 0.6) is 0 Å². The van der Waals surface area contributed by atoms with Crippen LogP contribution < -0.4 is 16.4 Å². The van der Waals surface area contributed by atoms with Crippen molar-refractivity contribution >= 4 is 29.1 Å². The first-order chi connectivity index (χ1) is 9.45. The zero-order chi connectivity index (χ0) is 15.1. The summed E-state index contributed by atoms with van der Waals surface area (Å²) in [6.07, 6.45) is 1.10. The van der Waals surface area contributed by atoms with E-state index in [1.54, 1.807) is 18.2 Å². The average molecular weight is 298 g/mol. The lowest BCUT2D eigenvalue weighted by Crippen LogP contribution is -2.35. The normalized spacial score (nSPS) is 11.8. The number of hydrogen-bond acceptors (Lipinski definition) is 3. The number of halogens is 1. The fourth-order valence-electron chi connectivity index (χ4n) is 1.57. The van der Waals surface area contributed by atoms with E-state index < -0.39 is 0 Å². The molecule has 1 rings (SSSR count). The van der Waals surface area contributed by atoms with Crippen molar-refractivity contribution in [2.75, 3.05) is 12.3 Å². The Morgan fingerprint density at radius 1 is 1.40 bits per heavy atom. The number of para-hydroxylation sites is 1. The van der Waals surface area contributed by atoms with Crippen molar-refractivity contribution < 1.29 is 9.59 Å². The highest BCUT2D eigenvalue weighted by atomic mass is 35.5. The number of benzene rings is 1. The van der Waals surface area contributed by atoms with Crippen LogP contribution in [0.1, 0.15) is 37.0 Å². The summed E-state index contributed by atoms with van der Waals surface area (Å²) in [6, 6.07) is 5.01. The Kier molecular flexibility index (Phi) is 6.31. The van der Waals surface area contributed by atoms with Crippen LogP contribution in [-0.2, 0) is 4.79 Å². The van der Waals surface area contributed by atoms with Gasteiger partial charge in [0.25, 0.3) is 5.91 Å². The molecule has 6 heteroatoms. The summed E-state index contributed by atoms with van der Waals surface area (Å²) in [6.45, 7) is 4.19. The average Bonchev–Trinajstić information content (AvgIpc) is 2.41. The molecular weight excluding hydrogens is 278 g/mol. The molecule has 0 bridgehead atoms. The monoisotopic (exact) mass is 297 g/mol. The zero-order valence-electron chi connectivity index (χ0n) is 11.7. The molecule has 0 saturated carbocycles. The van der Waals surface area contributed by atoms with Gasteiger partial charge in [-0.05, 0) is 25.5 Å². The summed E-state index contributed by atoms with van der Waals surface area (Å²) in [7, 11) is 0. The number of nitrogen functional groups attached to an aromatic ring is 1. The molecule has 1 atom stereocenters. The van der Waals surface area contributed by atoms with Crippen molar-refractivity contribution in [3.63, 3.8) is 0 Å². The van der Waals surface area contributed by atoms with Crippen molar-refractivity contribution in [1.82, 2.24) is 10.6 Å². The van der Waals surface area contributed by atoms with Crippen LogP contribution in [0.25, 0.3) is 0 Å². The van der Waals surface area contributed by atoms with Gasteiger partial charge in [0.2, 0.25) is 5.91 Å². The number of hydrogen-bond donors (Lipinski definition) is 3. The molecule has 20 heavy (non-hydrogen) atoms. The summed E-state index contributed by atoms with van der Waals surface area (Å²) in [5, 5.41) is 5.82. The van der Waals surface area contributed by atoms with Crippen LogP contribution in [0.15, 0.2) is 18.2 Å². The Balaban J connectivity index is 2.44. The minimum atomic E-state index is -0.332. The molecule has 4 N–H and O–H groups in total. The smallest absolute Gasteiger partial charge is 0.253 e. The number of rotatable bonds is 6. The van der Waals surface area contributed by atoms with Gasteiger partial charge in [0, 0.05) is 19.0 Å². The minimum Gasteiger partial charge on any atom is -0.397 e. The van der Waals surface area contributed by atoms with Gasteiger partial charge in [-0.1, -0.05) is 24.6 Å². The topological polar surface area (TPSA) is 84.2 Å². The van der Waals surface area contributed by atoms with Crippen LogP contribution in [0.2, 0.25) is 5.02 Å². The van der Waals surface area contributed by atoms with Crippen molar-refractivity contribution in [3.8, 4) is 0 Å². The first kappa shape index (κ1) is 16.3. The summed E-state index contributed by atoms with van der Waals surface area (Å²) >= 11 is 5.85. The molecule has 0 radical (unpaired) electrons. The maximum atomic E-state index is 11.9. The predicted octanol–water partition coefficient (Wildman–Crippen LogP) is 1.96. The van der Waals surface area contributed by atoms with Gasteiger partial charge in [0.1, 0.15) is 0 Å². The van der Waals surface area contributed by atoms with Crippen molar-refractivity contribution in [3.05, 3.63) is 28.8 Å². The Hall–Kier alpha value is -1.75. The van der Waals surface area contributed by atoms with E-state index in [0.29, 0.717) is 10.6 Å². The van der Waals surface area contributed by atoms with Crippen LogP contribution in [0, 0.1) is 0 Å². The number of anilines is 1. The highest BCUT2D eigenvalue weighted by molar-refractivity contribution is 6.33. The van der Waals surface area contributed by atoms with Crippen LogP contribution in [0.3, 0.4) is 0 Å². The first-order valence-electron chi connectivity index (χ1n) is 6.57. The molecule has 0 saturated heterocycles. The van der Waals surface area contributed by atoms with E-state index >= 15 is 0 Å². The standard InChI is InChI=1S/C14H20ClN3O2/c1-3-9(2)18-12(19)7-8-17-14(20)10-5-4-6-11(15)13(10)16/h4-6,9H,3,7-8,16H2,1-2H3,(H,17,20)(H,18,19). The van der Waals surface area contributed by atoms with Gasteiger partial charge in [0.05, 0.1) is 16.3 Å². The van der Waals surface area contributed by atoms with Gasteiger partial charge in [-0.2, -0.15) is 0 Å². The van der Waals surface area contributed by atoms with Gasteiger partial charge >= 0.3 is 0 Å². The number of nitrogens with two attached hydrogens (primary N) is 1. The molecule has 0 aliphatic carbocycles. The largest absolute Gasteiger partial charge is 0.397 e. The third-order valence-corrected chi connectivity index (χ3v) is 3.28. The van der Waals surface area contributed by atoms with Gasteiger partial charge in [-0.3, -0.25) is 9.59 Å². The van der Waals surface area contributed by atoms with E-state index in [-0.39, 0.29) is 36.5 Å². The van der Waals surface area contributed by atoms with E-state index in [9.17, 15) is 9.59 Å². The summed E-state index contributed by atoms with van der Waals surface area (Å²) in [5.74, 6) is -0.417. The lowest BCUT2D eigenvalue weighted by atomic mass is 10.1. The van der Waals surface area contributed by atoms with Gasteiger partial charge < -0.3 is 16.4 Å². The molecular formula is C14H20ClN3O2. The third kappa shape index (κ3) is 4.74. The highest BCUT2D eigenvalue weighted by Gasteiger charge is 2.12. The zero-order valence-corrected chi connectivity index (χ0v) is 12.5. The number of carbonyl (C=O) groups is 2. The van der Waals surface area contributed by atoms with Crippen molar-refractivity contribution in [2.45, 2.75) is 32.7 Å². The fraction of sp³-hybridized carbons (Fsp3) is 0.429. The second-order valence-electron chi connectivity index (χ2n) is 4.58. The molecule has 0 aliphatic rings. The van der Waals surface area contributed by atoms with Gasteiger partial charge in [0.15, 0.2) is 0 Å². The first-order valence-corrected chi connectivity index (χ1v) is 6.95. The molecule has 0 aromatic heterocycles. The Bertz CT molecular complexity index is 491. The second kappa shape index (κ2) is 7.75. The van der Waals surface area contributed by atoms with Crippen molar-refractivity contribution in [2.24, 2.45) is 0 Å². The van der Waals surface area contributed by atoms with E-state index in [2.05, 4.69) is 10.6 Å². The van der Waals surface area contributed by atoms with E-state index in [4.69, 9.17) is 17.3 Å². The molecule has 0 fully saturated rings. The summed E-state index contributed by atoms with van der Waals surface area (Å²) in [5.41, 5.74) is 6.29. The summed E-state index contributed by atoms with van der Waals surface area (Å²) in [4.78, 5) is 23.4. The van der Waals surface area contributed by atoms with Crippen molar-refractivity contribution in [1.29, 1.82) is 0 Å². The van der Waals surface area contributed by atoms with E-state index in [1.165, 1.54) is 0 Å². The molecule has 110 valence electrons. The maximum absolute atomic E-state index is 11.9. The Morgan fingerprint density at radius 3 is 2.75 bits per heavy atom. The highest BCUT2D eigenvalue weighted by Crippen LogP contribution is 2.22. The van der Waals surface area contributed by atoms with Crippen LogP contribution in [0.4, 0.5) is 5.69 Å². The van der Waals surface area contributed by atoms with Gasteiger partial charge in [-0.15, -0.1) is 0 Å². The van der Waals surface area contributed by atoms with E-state index in [0.717, 1.165) is 6.42 Å². The molecule has 1 aromatic carbocycles. The van der Waals surface area contributed by atoms with E-state index in [1.807, 2.05) is 13.8 Å². The summed E-state index contributed by atoms with van der Waals surface area (Å²) < 4.78 is 0. The SMILES string of the molecule is CCC(C)NC(=O)CCNC(=O)c1cccc(Cl)c1N. The lowest BCUT2D eigenvalue weighted by molar-refractivity contribution is -0.121. The van der Waals surface area contributed by atoms with Crippen LogP contribution >= 0.6 is 11.6 Å². The molecule has 0 aliphatic heterocycles. The third-order valence-electron chi connectivity index (χ3n) is 2.95. The predicted molar refractivity (Wildman–Crippen MR) is 80.7 cm³/mol. The molecule has 2 amide bonds. The molecule has 5 nitrogen and oxygen atoms in total. The molecule has 1 aromatic rings. The molecule has 0 spiro atoms. The molecule has 0 heterocycles. The van der Waals surface area contributed by atoms with Crippen LogP contribution in [-0.4, -0.2) is 24.4 Å². The minimum absolute atomic E-state index is 0.0845. The molecule has 1 unspecified atom stereocenters. The fourth-order valence-corrected chi connectivity index (χ4v) is 1.74. The Labute approximate surface area is 123 Å². The lowest BCUT2D eigenvalue weighted by Gasteiger charge is -2.12. The number of carbonyl (C=O) groups excluding carboxylic acids is 2. The quantitative estimate of drug-likeness (QED) is 0.702.